The largest absolute Gasteiger partial charge is 0.394 e. The zero-order chi connectivity index (χ0) is 11.9. The van der Waals surface area contributed by atoms with E-state index in [1.165, 1.54) is 44.3 Å². The van der Waals surface area contributed by atoms with E-state index in [0.717, 1.165) is 18.1 Å². The van der Waals surface area contributed by atoms with Crippen LogP contribution in [0.25, 0.3) is 0 Å². The molecule has 1 atom stereocenters. The predicted molar refractivity (Wildman–Crippen MR) is 72.9 cm³/mol. The maximum Gasteiger partial charge on any atom is 0.0608 e. The molecule has 2 nitrogen and oxygen atoms in total. The molecule has 3 N–H and O–H groups in total. The van der Waals surface area contributed by atoms with Crippen molar-refractivity contribution in [1.82, 2.24) is 0 Å². The van der Waals surface area contributed by atoms with Crippen LogP contribution >= 0.6 is 11.8 Å². The lowest BCUT2D eigenvalue weighted by Crippen LogP contribution is -2.39. The van der Waals surface area contributed by atoms with Crippen molar-refractivity contribution in [3.05, 3.63) is 0 Å². The van der Waals surface area contributed by atoms with Gasteiger partial charge in [0.05, 0.1) is 6.61 Å². The van der Waals surface area contributed by atoms with Crippen molar-refractivity contribution in [2.75, 3.05) is 12.4 Å². The second kappa shape index (κ2) is 7.57. The normalized spacial score (nSPS) is 21.9. The third-order valence-electron chi connectivity index (χ3n) is 3.41. The van der Waals surface area contributed by atoms with E-state index in [2.05, 4.69) is 11.8 Å². The van der Waals surface area contributed by atoms with Crippen molar-refractivity contribution >= 4 is 11.8 Å². The minimum absolute atomic E-state index is 0.1000. The number of nitrogens with two attached hydrogens (primary N) is 1. The summed E-state index contributed by atoms with van der Waals surface area (Å²) in [5.41, 5.74) is 5.52. The topological polar surface area (TPSA) is 46.2 Å². The Morgan fingerprint density at radius 2 is 1.94 bits per heavy atom. The molecule has 16 heavy (non-hydrogen) atoms. The molecule has 0 aromatic carbocycles. The van der Waals surface area contributed by atoms with E-state index in [0.29, 0.717) is 0 Å². The fourth-order valence-electron chi connectivity index (χ4n) is 2.19. The van der Waals surface area contributed by atoms with Crippen molar-refractivity contribution in [2.24, 2.45) is 5.73 Å². The van der Waals surface area contributed by atoms with E-state index >= 15 is 0 Å². The number of aliphatic hydroxyl groups excluding tert-OH is 1. The summed E-state index contributed by atoms with van der Waals surface area (Å²) >= 11 is 2.15. The van der Waals surface area contributed by atoms with Crippen molar-refractivity contribution in [3.8, 4) is 0 Å². The summed E-state index contributed by atoms with van der Waals surface area (Å²) in [4.78, 5) is 0. The first kappa shape index (κ1) is 14.3. The van der Waals surface area contributed by atoms with Gasteiger partial charge in [-0.05, 0) is 38.4 Å². The average molecular weight is 245 g/mol. The lowest BCUT2D eigenvalue weighted by atomic mass is 9.98. The summed E-state index contributed by atoms with van der Waals surface area (Å²) in [6, 6.07) is 0. The molecule has 0 saturated heterocycles. The number of rotatable bonds is 7. The lowest BCUT2D eigenvalue weighted by Gasteiger charge is -2.22. The Kier molecular flexibility index (Phi) is 6.78. The molecule has 0 amide bonds. The molecule has 1 aliphatic rings. The molecule has 0 radical (unpaired) electrons. The van der Waals surface area contributed by atoms with Gasteiger partial charge in [-0.15, -0.1) is 0 Å². The minimum Gasteiger partial charge on any atom is -0.394 e. The van der Waals surface area contributed by atoms with Gasteiger partial charge in [0.1, 0.15) is 0 Å². The van der Waals surface area contributed by atoms with Gasteiger partial charge in [0.25, 0.3) is 0 Å². The molecule has 1 fully saturated rings. The van der Waals surface area contributed by atoms with E-state index < -0.39 is 0 Å². The van der Waals surface area contributed by atoms with Gasteiger partial charge in [0.15, 0.2) is 0 Å². The second-order valence-electron chi connectivity index (χ2n) is 5.40. The van der Waals surface area contributed by atoms with Crippen LogP contribution in [0, 0.1) is 0 Å². The Morgan fingerprint density at radius 1 is 1.25 bits per heavy atom. The van der Waals surface area contributed by atoms with Gasteiger partial charge in [-0.25, -0.2) is 0 Å². The van der Waals surface area contributed by atoms with Gasteiger partial charge in [-0.3, -0.25) is 0 Å². The average Bonchev–Trinajstić information content (AvgIpc) is 2.30. The highest BCUT2D eigenvalue weighted by molar-refractivity contribution is 7.99. The van der Waals surface area contributed by atoms with Gasteiger partial charge < -0.3 is 10.8 Å². The molecule has 0 bridgehead atoms. The summed E-state index contributed by atoms with van der Waals surface area (Å²) in [6.45, 7) is 2.03. The Morgan fingerprint density at radius 3 is 2.56 bits per heavy atom. The van der Waals surface area contributed by atoms with Gasteiger partial charge >= 0.3 is 0 Å². The Bertz CT molecular complexity index is 179. The van der Waals surface area contributed by atoms with E-state index in [4.69, 9.17) is 10.8 Å². The highest BCUT2D eigenvalue weighted by atomic mass is 32.2. The molecule has 3 heteroatoms. The molecular weight excluding hydrogens is 218 g/mol. The maximum absolute atomic E-state index is 9.02. The smallest absolute Gasteiger partial charge is 0.0608 e. The lowest BCUT2D eigenvalue weighted by molar-refractivity contribution is 0.198. The van der Waals surface area contributed by atoms with Gasteiger partial charge in [0.2, 0.25) is 0 Å². The van der Waals surface area contributed by atoms with Crippen LogP contribution in [0.1, 0.15) is 58.3 Å². The Hall–Kier alpha value is 0.270. The number of hydrogen-bond donors (Lipinski definition) is 2. The van der Waals surface area contributed by atoms with Crippen molar-refractivity contribution < 1.29 is 5.11 Å². The summed E-state index contributed by atoms with van der Waals surface area (Å²) in [7, 11) is 0. The van der Waals surface area contributed by atoms with Gasteiger partial charge in [-0.1, -0.05) is 25.7 Å². The van der Waals surface area contributed by atoms with Crippen molar-refractivity contribution in [2.45, 2.75) is 69.1 Å². The van der Waals surface area contributed by atoms with Crippen LogP contribution in [0.5, 0.6) is 0 Å². The van der Waals surface area contributed by atoms with Crippen LogP contribution in [0.15, 0.2) is 0 Å². The molecule has 0 heterocycles. The second-order valence-corrected chi connectivity index (χ2v) is 6.81. The number of unbranched alkanes of at least 4 members (excludes halogenated alkanes) is 1. The molecule has 0 aromatic rings. The SMILES string of the molecule is CC(N)(CO)CCCCSC1CCCCC1. The molecule has 1 saturated carbocycles. The Labute approximate surface area is 104 Å². The van der Waals surface area contributed by atoms with Crippen LogP contribution in [-0.4, -0.2) is 28.3 Å². The van der Waals surface area contributed by atoms with Crippen molar-refractivity contribution in [3.63, 3.8) is 0 Å². The van der Waals surface area contributed by atoms with Crippen LogP contribution < -0.4 is 5.73 Å². The molecule has 0 aliphatic heterocycles. The molecule has 0 spiro atoms. The van der Waals surface area contributed by atoms with Crippen LogP contribution in [0.3, 0.4) is 0 Å². The van der Waals surface area contributed by atoms with Gasteiger partial charge in [0, 0.05) is 10.8 Å². The van der Waals surface area contributed by atoms with E-state index in [9.17, 15) is 0 Å². The first-order valence-corrected chi connectivity index (χ1v) is 7.70. The predicted octanol–water partition coefficient (Wildman–Crippen LogP) is 2.93. The van der Waals surface area contributed by atoms with Crippen LogP contribution in [0.4, 0.5) is 0 Å². The first-order chi connectivity index (χ1) is 7.64. The molecule has 0 aromatic heterocycles. The fourth-order valence-corrected chi connectivity index (χ4v) is 3.56. The van der Waals surface area contributed by atoms with Crippen molar-refractivity contribution in [1.29, 1.82) is 0 Å². The zero-order valence-electron chi connectivity index (χ0n) is 10.6. The van der Waals surface area contributed by atoms with E-state index in [-0.39, 0.29) is 12.1 Å². The zero-order valence-corrected chi connectivity index (χ0v) is 11.4. The molecule has 96 valence electrons. The molecule has 1 unspecified atom stereocenters. The van der Waals surface area contributed by atoms with E-state index in [1.807, 2.05) is 6.92 Å². The van der Waals surface area contributed by atoms with Crippen LogP contribution in [0.2, 0.25) is 0 Å². The monoisotopic (exact) mass is 245 g/mol. The summed E-state index contributed by atoms with van der Waals surface area (Å²) in [6.07, 6.45) is 10.5. The van der Waals surface area contributed by atoms with Gasteiger partial charge in [-0.2, -0.15) is 11.8 Å². The fraction of sp³-hybridized carbons (Fsp3) is 1.00. The summed E-state index contributed by atoms with van der Waals surface area (Å²) in [5.74, 6) is 1.27. The quantitative estimate of drug-likeness (QED) is 0.678. The number of aliphatic hydroxyl groups is 1. The number of thioether (sulfide) groups is 1. The third kappa shape index (κ3) is 6.12. The standard InChI is InChI=1S/C13H27NOS/c1-13(14,11-15)9-5-6-10-16-12-7-3-2-4-8-12/h12,15H,2-11,14H2,1H3. The Balaban J connectivity index is 1.95. The molecule has 1 rings (SSSR count). The molecular formula is C13H27NOS. The minimum atomic E-state index is -0.366. The van der Waals surface area contributed by atoms with Crippen LogP contribution in [-0.2, 0) is 0 Å². The molecule has 1 aliphatic carbocycles. The third-order valence-corrected chi connectivity index (χ3v) is 4.88. The number of hydrogen-bond acceptors (Lipinski definition) is 3. The highest BCUT2D eigenvalue weighted by Crippen LogP contribution is 2.28. The summed E-state index contributed by atoms with van der Waals surface area (Å²) in [5, 5.41) is 9.95. The van der Waals surface area contributed by atoms with E-state index in [1.54, 1.807) is 0 Å². The highest BCUT2D eigenvalue weighted by Gasteiger charge is 2.16. The maximum atomic E-state index is 9.02. The first-order valence-electron chi connectivity index (χ1n) is 6.65. The summed E-state index contributed by atoms with van der Waals surface area (Å²) < 4.78 is 0.